The van der Waals surface area contributed by atoms with Gasteiger partial charge in [-0.05, 0) is 32.1 Å². The minimum absolute atomic E-state index is 0.0943. The van der Waals surface area contributed by atoms with Gasteiger partial charge in [-0.15, -0.1) is 0 Å². The number of alkyl halides is 2. The Morgan fingerprint density at radius 1 is 1.31 bits per heavy atom. The van der Waals surface area contributed by atoms with E-state index in [1.54, 1.807) is 6.20 Å². The van der Waals surface area contributed by atoms with Crippen LogP contribution in [0.2, 0.25) is 5.02 Å². The van der Waals surface area contributed by atoms with Crippen molar-refractivity contribution in [2.45, 2.75) is 40.5 Å². The van der Waals surface area contributed by atoms with E-state index in [2.05, 4.69) is 21.6 Å². The Hall–Kier alpha value is -2.72. The molecule has 0 aromatic heterocycles. The molecule has 0 aliphatic carbocycles. The molecule has 8 heteroatoms. The monoisotopic (exact) mass is 422 g/mol. The molecule has 29 heavy (non-hydrogen) atoms. The summed E-state index contributed by atoms with van der Waals surface area (Å²) in [6, 6.07) is 4.09. The van der Waals surface area contributed by atoms with Crippen LogP contribution < -0.4 is 5.73 Å². The smallest absolute Gasteiger partial charge is 0.265 e. The van der Waals surface area contributed by atoms with E-state index >= 15 is 0 Å². The van der Waals surface area contributed by atoms with Crippen LogP contribution in [-0.4, -0.2) is 35.6 Å². The Bertz CT molecular complexity index is 896. The summed E-state index contributed by atoms with van der Waals surface area (Å²) in [4.78, 5) is 21.4. The average molecular weight is 423 g/mol. The highest BCUT2D eigenvalue weighted by Crippen LogP contribution is 2.30. The Balaban J connectivity index is 0.000000390. The molecular formula is C21H25ClF2N4O. The van der Waals surface area contributed by atoms with Crippen LogP contribution in [0.1, 0.15) is 56.5 Å². The lowest BCUT2D eigenvalue weighted by Gasteiger charge is -2.28. The van der Waals surface area contributed by atoms with Crippen molar-refractivity contribution in [3.8, 4) is 0 Å². The zero-order valence-corrected chi connectivity index (χ0v) is 17.7. The molecule has 0 bridgehead atoms. The predicted molar refractivity (Wildman–Crippen MR) is 114 cm³/mol. The second-order valence-corrected chi connectivity index (χ2v) is 6.34. The third kappa shape index (κ3) is 6.99. The number of carbonyl (C=O) groups is 1. The minimum atomic E-state index is -2.70. The average Bonchev–Trinajstić information content (AvgIpc) is 2.72. The van der Waals surface area contributed by atoms with Crippen molar-refractivity contribution in [1.82, 2.24) is 4.90 Å². The van der Waals surface area contributed by atoms with Crippen molar-refractivity contribution in [1.29, 1.82) is 0 Å². The fourth-order valence-electron chi connectivity index (χ4n) is 2.41. The predicted octanol–water partition coefficient (Wildman–Crippen LogP) is 5.14. The summed E-state index contributed by atoms with van der Waals surface area (Å²) in [6.07, 6.45) is -0.477. The number of benzene rings is 1. The summed E-state index contributed by atoms with van der Waals surface area (Å²) in [5.74, 6) is 2.89. The molecule has 0 atom stereocenters. The van der Waals surface area contributed by atoms with E-state index in [1.807, 2.05) is 27.7 Å². The van der Waals surface area contributed by atoms with Gasteiger partial charge < -0.3 is 10.6 Å². The fraction of sp³-hybridized carbons (Fsp3) is 0.381. The van der Waals surface area contributed by atoms with Crippen molar-refractivity contribution >= 4 is 29.2 Å². The van der Waals surface area contributed by atoms with E-state index in [0.717, 1.165) is 11.4 Å². The van der Waals surface area contributed by atoms with Crippen molar-refractivity contribution in [3.63, 3.8) is 0 Å². The number of hydrogen-bond donors (Lipinski definition) is 1. The lowest BCUT2D eigenvalue weighted by Crippen LogP contribution is -2.38. The molecule has 156 valence electrons. The highest BCUT2D eigenvalue weighted by atomic mass is 35.5. The van der Waals surface area contributed by atoms with Gasteiger partial charge >= 0.3 is 0 Å². The molecular weight excluding hydrogens is 398 g/mol. The van der Waals surface area contributed by atoms with Crippen LogP contribution in [0.5, 0.6) is 0 Å². The maximum absolute atomic E-state index is 12.8. The molecule has 0 unspecified atom stereocenters. The van der Waals surface area contributed by atoms with Crippen LogP contribution in [0.3, 0.4) is 0 Å². The van der Waals surface area contributed by atoms with Gasteiger partial charge in [-0.2, -0.15) is 4.99 Å². The fourth-order valence-corrected chi connectivity index (χ4v) is 2.70. The minimum Gasteiger partial charge on any atom is -0.401 e. The number of carbonyl (C=O) groups excluding carboxylic acids is 1. The summed E-state index contributed by atoms with van der Waals surface area (Å²) in [5, 5.41) is -0.183. The summed E-state index contributed by atoms with van der Waals surface area (Å²) in [7, 11) is 0. The summed E-state index contributed by atoms with van der Waals surface area (Å²) in [6.45, 7) is 8.55. The Kier molecular flexibility index (Phi) is 10.0. The molecule has 2 heterocycles. The van der Waals surface area contributed by atoms with E-state index < -0.39 is 6.43 Å². The normalized spacial score (nSPS) is 14.8. The van der Waals surface area contributed by atoms with Crippen molar-refractivity contribution < 1.29 is 13.6 Å². The van der Waals surface area contributed by atoms with Crippen molar-refractivity contribution in [2.24, 2.45) is 15.7 Å². The maximum Gasteiger partial charge on any atom is 0.265 e. The topological polar surface area (TPSA) is 71.0 Å². The zero-order chi connectivity index (χ0) is 22.0. The number of halogens is 3. The van der Waals surface area contributed by atoms with E-state index in [1.165, 1.54) is 23.1 Å². The molecule has 0 spiro atoms. The van der Waals surface area contributed by atoms with Gasteiger partial charge in [-0.1, -0.05) is 43.2 Å². The van der Waals surface area contributed by atoms with E-state index in [4.69, 9.17) is 17.3 Å². The molecule has 1 amide bonds. The second-order valence-electron chi connectivity index (χ2n) is 5.97. The number of rotatable bonds is 2. The quantitative estimate of drug-likeness (QED) is 0.670. The van der Waals surface area contributed by atoms with E-state index in [-0.39, 0.29) is 22.1 Å². The highest BCUT2D eigenvalue weighted by molar-refractivity contribution is 6.34. The second kappa shape index (κ2) is 12.0. The summed E-state index contributed by atoms with van der Waals surface area (Å²) in [5.41, 5.74) is 9.89. The molecule has 1 aromatic rings. The van der Waals surface area contributed by atoms with Crippen molar-refractivity contribution in [3.05, 3.63) is 57.5 Å². The molecule has 0 saturated carbocycles. The molecule has 2 aliphatic heterocycles. The Morgan fingerprint density at radius 3 is 2.48 bits per heavy atom. The van der Waals surface area contributed by atoms with E-state index in [9.17, 15) is 13.6 Å². The number of hydrogen-bond acceptors (Lipinski definition) is 4. The van der Waals surface area contributed by atoms with Crippen LogP contribution in [0, 0.1) is 0 Å². The number of nitrogens with two attached hydrogens (primary N) is 1. The van der Waals surface area contributed by atoms with Gasteiger partial charge in [0.1, 0.15) is 5.84 Å². The first-order valence-electron chi connectivity index (χ1n) is 9.18. The van der Waals surface area contributed by atoms with Crippen LogP contribution in [0.25, 0.3) is 0 Å². The molecule has 0 fully saturated rings. The van der Waals surface area contributed by atoms with Gasteiger partial charge in [0, 0.05) is 23.7 Å². The first-order valence-corrected chi connectivity index (χ1v) is 9.56. The van der Waals surface area contributed by atoms with Crippen molar-refractivity contribution in [2.75, 3.05) is 13.1 Å². The highest BCUT2D eigenvalue weighted by Gasteiger charge is 2.25. The zero-order valence-electron chi connectivity index (χ0n) is 17.0. The molecule has 0 radical (unpaired) electrons. The third-order valence-corrected chi connectivity index (χ3v) is 4.47. The third-order valence-electron chi connectivity index (χ3n) is 4.05. The number of nitrogens with zero attached hydrogens (tertiary/aromatic N) is 3. The van der Waals surface area contributed by atoms with Crippen LogP contribution in [0.4, 0.5) is 8.78 Å². The summed E-state index contributed by atoms with van der Waals surface area (Å²) < 4.78 is 25.6. The lowest BCUT2D eigenvalue weighted by atomic mass is 10.0. The largest absolute Gasteiger partial charge is 0.401 e. The molecule has 0 saturated heterocycles. The van der Waals surface area contributed by atoms with Gasteiger partial charge in [0.2, 0.25) is 0 Å². The number of amides is 1. The first-order chi connectivity index (χ1) is 13.8. The van der Waals surface area contributed by atoms with Crippen LogP contribution >= 0.6 is 11.6 Å². The van der Waals surface area contributed by atoms with Gasteiger partial charge in [0.15, 0.2) is 0 Å². The molecule has 5 nitrogen and oxygen atoms in total. The molecule has 1 aromatic carbocycles. The maximum atomic E-state index is 12.8. The van der Waals surface area contributed by atoms with E-state index in [0.29, 0.717) is 25.2 Å². The molecule has 2 N–H and O–H groups in total. The number of amidine groups is 1. The SMILES string of the molecule is CC.CC1=C(N)CN(C(=O)c2cccc(C(F)F)c2Cl)CC1.CC1=NC=C=C=N1. The Morgan fingerprint density at radius 2 is 2.00 bits per heavy atom. The molecule has 3 rings (SSSR count). The van der Waals surface area contributed by atoms with Gasteiger partial charge in [0.05, 0.1) is 23.3 Å². The Labute approximate surface area is 175 Å². The van der Waals surface area contributed by atoms with Gasteiger partial charge in [0.25, 0.3) is 12.3 Å². The van der Waals surface area contributed by atoms with Crippen LogP contribution in [0.15, 0.2) is 51.4 Å². The van der Waals surface area contributed by atoms with Gasteiger partial charge in [-0.3, -0.25) is 4.79 Å². The lowest BCUT2D eigenvalue weighted by molar-refractivity contribution is 0.0762. The summed E-state index contributed by atoms with van der Waals surface area (Å²) >= 11 is 5.91. The standard InChI is InChI=1S/C14H15ClF2N2O.C5H4N2.C2H6/c1-8-5-6-19(7-11(8)18)14(20)10-4-2-3-9(12(10)15)13(16)17;1-5-6-3-2-4-7-5;1-2/h2-4,13H,5-7,18H2,1H3;3H,1H3;1-2H3. The van der Waals surface area contributed by atoms with Crippen LogP contribution in [-0.2, 0) is 0 Å². The molecule has 2 aliphatic rings. The van der Waals surface area contributed by atoms with Gasteiger partial charge in [-0.25, -0.2) is 13.8 Å². The number of aliphatic imine (C=N–C) groups is 2. The first kappa shape index (κ1) is 24.3.